The highest BCUT2D eigenvalue weighted by molar-refractivity contribution is 7.80. The Morgan fingerprint density at radius 1 is 1.40 bits per heavy atom. The number of methoxy groups -OCH3 is 1. The van der Waals surface area contributed by atoms with Crippen molar-refractivity contribution in [2.75, 3.05) is 12.9 Å². The van der Waals surface area contributed by atoms with Crippen molar-refractivity contribution in [3.05, 3.63) is 27.7 Å². The molecule has 0 bridgehead atoms. The van der Waals surface area contributed by atoms with Crippen LogP contribution >= 0.6 is 35.8 Å². The Morgan fingerprint density at radius 2 is 2.07 bits per heavy atom. The molecule has 2 nitrogen and oxygen atoms in total. The highest BCUT2D eigenvalue weighted by Crippen LogP contribution is 2.34. The maximum absolute atomic E-state index is 11.6. The van der Waals surface area contributed by atoms with E-state index >= 15 is 0 Å². The zero-order valence-corrected chi connectivity index (χ0v) is 10.5. The van der Waals surface area contributed by atoms with Gasteiger partial charge in [0.2, 0.25) is 0 Å². The summed E-state index contributed by atoms with van der Waals surface area (Å²) in [6.07, 6.45) is 0.339. The van der Waals surface area contributed by atoms with Gasteiger partial charge >= 0.3 is 0 Å². The third-order valence-electron chi connectivity index (χ3n) is 1.91. The normalized spacial score (nSPS) is 10.1. The van der Waals surface area contributed by atoms with E-state index in [4.69, 9.17) is 27.9 Å². The molecule has 0 saturated carbocycles. The van der Waals surface area contributed by atoms with Gasteiger partial charge in [-0.05, 0) is 17.9 Å². The lowest BCUT2D eigenvalue weighted by Crippen LogP contribution is -2.01. The van der Waals surface area contributed by atoms with E-state index in [-0.39, 0.29) is 15.8 Å². The number of hydrogen-bond acceptors (Lipinski definition) is 3. The smallest absolute Gasteiger partial charge is 0.165 e. The highest BCUT2D eigenvalue weighted by atomic mass is 35.5. The van der Waals surface area contributed by atoms with Crippen LogP contribution in [0.3, 0.4) is 0 Å². The summed E-state index contributed by atoms with van der Waals surface area (Å²) in [5.41, 5.74) is 0.413. The average Bonchev–Trinajstić information content (AvgIpc) is 2.22. The van der Waals surface area contributed by atoms with Gasteiger partial charge in [0.15, 0.2) is 5.78 Å². The second kappa shape index (κ2) is 5.64. The molecule has 0 radical (unpaired) electrons. The highest BCUT2D eigenvalue weighted by Gasteiger charge is 2.15. The van der Waals surface area contributed by atoms with Gasteiger partial charge in [0.05, 0.1) is 12.1 Å². The summed E-state index contributed by atoms with van der Waals surface area (Å²) in [6.45, 7) is 0. The minimum Gasteiger partial charge on any atom is -0.495 e. The number of Topliss-reactive ketones (excluding diaryl/α,β-unsaturated/α-hetero) is 1. The first kappa shape index (κ1) is 12.7. The Kier molecular flexibility index (Phi) is 4.77. The number of carbonyl (C=O) groups excluding carboxylic acids is 1. The summed E-state index contributed by atoms with van der Waals surface area (Å²) in [5, 5.41) is 0.506. The largest absolute Gasteiger partial charge is 0.495 e. The van der Waals surface area contributed by atoms with Crippen LogP contribution in [-0.2, 0) is 0 Å². The first-order valence-corrected chi connectivity index (χ1v) is 5.66. The molecule has 0 atom stereocenters. The lowest BCUT2D eigenvalue weighted by molar-refractivity contribution is 0.0990. The van der Waals surface area contributed by atoms with E-state index in [0.717, 1.165) is 0 Å². The number of ether oxygens (including phenoxy) is 1. The van der Waals surface area contributed by atoms with E-state index in [1.165, 1.54) is 7.11 Å². The number of halogens is 2. The number of carbonyl (C=O) groups is 1. The second-order valence-corrected chi connectivity index (χ2v) is 4.04. The van der Waals surface area contributed by atoms with Gasteiger partial charge in [0, 0.05) is 12.0 Å². The van der Waals surface area contributed by atoms with E-state index in [2.05, 4.69) is 12.6 Å². The quantitative estimate of drug-likeness (QED) is 0.666. The van der Waals surface area contributed by atoms with E-state index < -0.39 is 0 Å². The van der Waals surface area contributed by atoms with Crippen molar-refractivity contribution in [2.24, 2.45) is 0 Å². The van der Waals surface area contributed by atoms with Gasteiger partial charge in [-0.3, -0.25) is 4.79 Å². The molecule has 1 aromatic carbocycles. The Balaban J connectivity index is 3.11. The summed E-state index contributed by atoms with van der Waals surface area (Å²) in [5.74, 6) is 0.877. The molecule has 1 rings (SSSR count). The number of hydrogen-bond donors (Lipinski definition) is 1. The molecule has 1 aromatic rings. The minimum atomic E-state index is -0.0699. The Hall–Kier alpha value is -0.380. The lowest BCUT2D eigenvalue weighted by Gasteiger charge is -2.08. The molecule has 0 spiro atoms. The maximum Gasteiger partial charge on any atom is 0.165 e. The number of ketones is 1. The van der Waals surface area contributed by atoms with Crippen LogP contribution in [0.1, 0.15) is 16.8 Å². The van der Waals surface area contributed by atoms with Crippen LogP contribution in [0.2, 0.25) is 10.0 Å². The van der Waals surface area contributed by atoms with Crippen LogP contribution < -0.4 is 4.74 Å². The van der Waals surface area contributed by atoms with Gasteiger partial charge in [-0.25, -0.2) is 0 Å². The third kappa shape index (κ3) is 2.80. The summed E-state index contributed by atoms with van der Waals surface area (Å²) >= 11 is 15.9. The SMILES string of the molecule is COc1ccc(C(=O)CCS)c(Cl)c1Cl. The van der Waals surface area contributed by atoms with Gasteiger partial charge in [-0.15, -0.1) is 0 Å². The zero-order valence-electron chi connectivity index (χ0n) is 8.09. The molecule has 82 valence electrons. The van der Waals surface area contributed by atoms with Crippen LogP contribution in [0, 0.1) is 0 Å². The van der Waals surface area contributed by atoms with Gasteiger partial charge < -0.3 is 4.74 Å². The van der Waals surface area contributed by atoms with Crippen LogP contribution in [0.25, 0.3) is 0 Å². The van der Waals surface area contributed by atoms with Crippen LogP contribution in [0.4, 0.5) is 0 Å². The van der Waals surface area contributed by atoms with Gasteiger partial charge in [0.1, 0.15) is 10.8 Å². The van der Waals surface area contributed by atoms with Gasteiger partial charge in [-0.1, -0.05) is 23.2 Å². The fourth-order valence-electron chi connectivity index (χ4n) is 1.14. The minimum absolute atomic E-state index is 0.0699. The predicted octanol–water partition coefficient (Wildman–Crippen LogP) is 3.50. The van der Waals surface area contributed by atoms with Crippen molar-refractivity contribution in [1.82, 2.24) is 0 Å². The Bertz CT molecular complexity index is 380. The zero-order chi connectivity index (χ0) is 11.4. The molecule has 0 saturated heterocycles. The van der Waals surface area contributed by atoms with Crippen molar-refractivity contribution in [1.29, 1.82) is 0 Å². The molecule has 0 unspecified atom stereocenters. The summed E-state index contributed by atoms with van der Waals surface area (Å²) in [7, 11) is 1.49. The molecule has 0 heterocycles. The van der Waals surface area contributed by atoms with Crippen LogP contribution in [0.5, 0.6) is 5.75 Å². The topological polar surface area (TPSA) is 26.3 Å². The molecule has 0 amide bonds. The number of thiol groups is 1. The van der Waals surface area contributed by atoms with Crippen molar-refractivity contribution < 1.29 is 9.53 Å². The number of benzene rings is 1. The molecule has 5 heteroatoms. The van der Waals surface area contributed by atoms with Crippen molar-refractivity contribution in [3.63, 3.8) is 0 Å². The van der Waals surface area contributed by atoms with E-state index in [9.17, 15) is 4.79 Å². The molecule has 0 aliphatic carbocycles. The fraction of sp³-hybridized carbons (Fsp3) is 0.300. The van der Waals surface area contributed by atoms with Crippen LogP contribution in [-0.4, -0.2) is 18.6 Å². The summed E-state index contributed by atoms with van der Waals surface area (Å²) < 4.78 is 4.98. The van der Waals surface area contributed by atoms with E-state index in [0.29, 0.717) is 23.5 Å². The molecule has 0 aromatic heterocycles. The monoisotopic (exact) mass is 264 g/mol. The molecule has 0 fully saturated rings. The maximum atomic E-state index is 11.6. The Morgan fingerprint density at radius 3 is 2.60 bits per heavy atom. The Labute approximate surface area is 104 Å². The second-order valence-electron chi connectivity index (χ2n) is 2.84. The fourth-order valence-corrected chi connectivity index (χ4v) is 1.85. The first-order valence-electron chi connectivity index (χ1n) is 4.27. The molecular weight excluding hydrogens is 255 g/mol. The molecule has 0 N–H and O–H groups in total. The van der Waals surface area contributed by atoms with Crippen molar-refractivity contribution in [3.8, 4) is 5.75 Å². The molecular formula is C10H10Cl2O2S. The third-order valence-corrected chi connectivity index (χ3v) is 2.99. The summed E-state index contributed by atoms with van der Waals surface area (Å²) in [6, 6.07) is 3.23. The molecule has 15 heavy (non-hydrogen) atoms. The van der Waals surface area contributed by atoms with Crippen molar-refractivity contribution in [2.45, 2.75) is 6.42 Å². The number of rotatable bonds is 4. The van der Waals surface area contributed by atoms with Gasteiger partial charge in [0.25, 0.3) is 0 Å². The molecule has 0 aliphatic heterocycles. The predicted molar refractivity (Wildman–Crippen MR) is 65.8 cm³/mol. The molecule has 0 aliphatic rings. The van der Waals surface area contributed by atoms with Gasteiger partial charge in [-0.2, -0.15) is 12.6 Å². The first-order chi connectivity index (χ1) is 7.11. The average molecular weight is 265 g/mol. The van der Waals surface area contributed by atoms with Crippen LogP contribution in [0.15, 0.2) is 12.1 Å². The lowest BCUT2D eigenvalue weighted by atomic mass is 10.1. The van der Waals surface area contributed by atoms with Crippen molar-refractivity contribution >= 4 is 41.6 Å². The van der Waals surface area contributed by atoms with E-state index in [1.54, 1.807) is 12.1 Å². The standard InChI is InChI=1S/C10H10Cl2O2S/c1-14-8-3-2-6(7(13)4-5-15)9(11)10(8)12/h2-3,15H,4-5H2,1H3. The van der Waals surface area contributed by atoms with E-state index in [1.807, 2.05) is 0 Å². The summed E-state index contributed by atoms with van der Waals surface area (Å²) in [4.78, 5) is 11.6.